The molecule has 5 heteroatoms. The maximum absolute atomic E-state index is 5.95. The third-order valence-corrected chi connectivity index (χ3v) is 3.27. The monoisotopic (exact) mass is 255 g/mol. The Balaban J connectivity index is 2.27. The molecule has 0 aliphatic heterocycles. The number of benzene rings is 1. The SMILES string of the molecule is Cc1nnn(Cc2ccc(Cl)c(Cl)c2)c1C. The van der Waals surface area contributed by atoms with Crippen LogP contribution < -0.4 is 0 Å². The second kappa shape index (κ2) is 4.44. The van der Waals surface area contributed by atoms with E-state index in [1.165, 1.54) is 0 Å². The molecule has 0 amide bonds. The van der Waals surface area contributed by atoms with E-state index in [2.05, 4.69) is 10.3 Å². The van der Waals surface area contributed by atoms with Crippen LogP contribution in [0.4, 0.5) is 0 Å². The molecule has 0 atom stereocenters. The second-order valence-electron chi connectivity index (χ2n) is 3.67. The molecule has 0 saturated heterocycles. The van der Waals surface area contributed by atoms with Gasteiger partial charge in [-0.1, -0.05) is 34.5 Å². The van der Waals surface area contributed by atoms with Crippen LogP contribution in [0.1, 0.15) is 17.0 Å². The first kappa shape index (κ1) is 11.4. The van der Waals surface area contributed by atoms with Gasteiger partial charge in [-0.15, -0.1) is 5.10 Å². The fraction of sp³-hybridized carbons (Fsp3) is 0.273. The molecule has 0 spiro atoms. The van der Waals surface area contributed by atoms with Gasteiger partial charge < -0.3 is 0 Å². The number of halogens is 2. The van der Waals surface area contributed by atoms with Crippen LogP contribution in [0.25, 0.3) is 0 Å². The summed E-state index contributed by atoms with van der Waals surface area (Å²) in [6.07, 6.45) is 0. The second-order valence-corrected chi connectivity index (χ2v) is 4.48. The van der Waals surface area contributed by atoms with Gasteiger partial charge in [0.2, 0.25) is 0 Å². The molecule has 1 aromatic carbocycles. The van der Waals surface area contributed by atoms with Gasteiger partial charge in [-0.25, -0.2) is 4.68 Å². The van der Waals surface area contributed by atoms with E-state index < -0.39 is 0 Å². The lowest BCUT2D eigenvalue weighted by Crippen LogP contribution is -2.04. The van der Waals surface area contributed by atoms with Crippen LogP contribution in [0.5, 0.6) is 0 Å². The van der Waals surface area contributed by atoms with Crippen molar-refractivity contribution in [3.63, 3.8) is 0 Å². The van der Waals surface area contributed by atoms with Crippen molar-refractivity contribution in [3.8, 4) is 0 Å². The molecule has 0 radical (unpaired) electrons. The molecular weight excluding hydrogens is 245 g/mol. The van der Waals surface area contributed by atoms with Crippen molar-refractivity contribution in [2.45, 2.75) is 20.4 Å². The first-order valence-corrected chi connectivity index (χ1v) is 5.64. The third-order valence-electron chi connectivity index (χ3n) is 2.53. The van der Waals surface area contributed by atoms with Crippen LogP contribution in [0.3, 0.4) is 0 Å². The molecule has 0 aliphatic rings. The lowest BCUT2D eigenvalue weighted by atomic mass is 10.2. The predicted octanol–water partition coefficient (Wildman–Crippen LogP) is 3.25. The summed E-state index contributed by atoms with van der Waals surface area (Å²) in [4.78, 5) is 0. The van der Waals surface area contributed by atoms with Gasteiger partial charge in [0, 0.05) is 0 Å². The Hall–Kier alpha value is -1.06. The molecule has 0 N–H and O–H groups in total. The van der Waals surface area contributed by atoms with Gasteiger partial charge in [0.05, 0.1) is 28.0 Å². The largest absolute Gasteiger partial charge is 0.245 e. The van der Waals surface area contributed by atoms with E-state index >= 15 is 0 Å². The van der Waals surface area contributed by atoms with Gasteiger partial charge in [-0.2, -0.15) is 0 Å². The molecule has 16 heavy (non-hydrogen) atoms. The van der Waals surface area contributed by atoms with Crippen molar-refractivity contribution in [3.05, 3.63) is 45.2 Å². The summed E-state index contributed by atoms with van der Waals surface area (Å²) >= 11 is 11.8. The zero-order valence-electron chi connectivity index (χ0n) is 9.04. The summed E-state index contributed by atoms with van der Waals surface area (Å²) in [5.41, 5.74) is 3.06. The molecule has 2 aromatic rings. The van der Waals surface area contributed by atoms with Crippen molar-refractivity contribution in [2.24, 2.45) is 0 Å². The number of aromatic nitrogens is 3. The summed E-state index contributed by atoms with van der Waals surface area (Å²) in [6, 6.07) is 5.57. The third kappa shape index (κ3) is 2.20. The Bertz CT molecular complexity index is 520. The minimum Gasteiger partial charge on any atom is -0.245 e. The maximum Gasteiger partial charge on any atom is 0.0825 e. The van der Waals surface area contributed by atoms with Gasteiger partial charge in [-0.3, -0.25) is 0 Å². The van der Waals surface area contributed by atoms with E-state index in [1.807, 2.05) is 30.7 Å². The highest BCUT2D eigenvalue weighted by Gasteiger charge is 2.05. The van der Waals surface area contributed by atoms with Crippen molar-refractivity contribution in [1.82, 2.24) is 15.0 Å². The van der Waals surface area contributed by atoms with E-state index in [9.17, 15) is 0 Å². The molecule has 0 bridgehead atoms. The van der Waals surface area contributed by atoms with Gasteiger partial charge >= 0.3 is 0 Å². The molecule has 0 fully saturated rings. The minimum absolute atomic E-state index is 0.564. The Morgan fingerprint density at radius 3 is 2.50 bits per heavy atom. The molecule has 1 heterocycles. The van der Waals surface area contributed by atoms with Crippen molar-refractivity contribution in [2.75, 3.05) is 0 Å². The highest BCUT2D eigenvalue weighted by Crippen LogP contribution is 2.23. The summed E-state index contributed by atoms with van der Waals surface area (Å²) in [7, 11) is 0. The maximum atomic E-state index is 5.95. The highest BCUT2D eigenvalue weighted by molar-refractivity contribution is 6.42. The van der Waals surface area contributed by atoms with Gasteiger partial charge in [0.15, 0.2) is 0 Å². The number of rotatable bonds is 2. The van der Waals surface area contributed by atoms with Crippen LogP contribution in [-0.4, -0.2) is 15.0 Å². The Kier molecular flexibility index (Phi) is 3.17. The Morgan fingerprint density at radius 1 is 1.19 bits per heavy atom. The topological polar surface area (TPSA) is 30.7 Å². The number of nitrogens with zero attached hydrogens (tertiary/aromatic N) is 3. The van der Waals surface area contributed by atoms with E-state index in [0.717, 1.165) is 17.0 Å². The molecular formula is C11H11Cl2N3. The quantitative estimate of drug-likeness (QED) is 0.825. The molecule has 0 saturated carbocycles. The minimum atomic E-state index is 0.564. The van der Waals surface area contributed by atoms with Crippen molar-refractivity contribution in [1.29, 1.82) is 0 Å². The van der Waals surface area contributed by atoms with Crippen LogP contribution in [-0.2, 0) is 6.54 Å². The first-order valence-electron chi connectivity index (χ1n) is 4.88. The number of hydrogen-bond donors (Lipinski definition) is 0. The molecule has 0 aliphatic carbocycles. The van der Waals surface area contributed by atoms with Crippen molar-refractivity contribution >= 4 is 23.2 Å². The number of aryl methyl sites for hydroxylation is 1. The lowest BCUT2D eigenvalue weighted by molar-refractivity contribution is 0.633. The van der Waals surface area contributed by atoms with E-state index in [1.54, 1.807) is 6.07 Å². The van der Waals surface area contributed by atoms with Crippen molar-refractivity contribution < 1.29 is 0 Å². The summed E-state index contributed by atoms with van der Waals surface area (Å²) in [6.45, 7) is 4.59. The van der Waals surface area contributed by atoms with Gasteiger partial charge in [0.1, 0.15) is 0 Å². The van der Waals surface area contributed by atoms with Gasteiger partial charge in [0.25, 0.3) is 0 Å². The summed E-state index contributed by atoms with van der Waals surface area (Å²) < 4.78 is 1.84. The van der Waals surface area contributed by atoms with Crippen LogP contribution in [0.15, 0.2) is 18.2 Å². The highest BCUT2D eigenvalue weighted by atomic mass is 35.5. The average Bonchev–Trinajstić information content (AvgIpc) is 2.55. The zero-order valence-corrected chi connectivity index (χ0v) is 10.5. The zero-order chi connectivity index (χ0) is 11.7. The van der Waals surface area contributed by atoms with E-state index in [-0.39, 0.29) is 0 Å². The molecule has 1 aromatic heterocycles. The fourth-order valence-electron chi connectivity index (χ4n) is 1.41. The number of hydrogen-bond acceptors (Lipinski definition) is 2. The van der Waals surface area contributed by atoms with Gasteiger partial charge in [-0.05, 0) is 31.5 Å². The van der Waals surface area contributed by atoms with E-state index in [4.69, 9.17) is 23.2 Å². The molecule has 3 nitrogen and oxygen atoms in total. The average molecular weight is 256 g/mol. The summed E-state index contributed by atoms with van der Waals surface area (Å²) in [5, 5.41) is 9.19. The Morgan fingerprint density at radius 2 is 1.94 bits per heavy atom. The summed E-state index contributed by atoms with van der Waals surface area (Å²) in [5.74, 6) is 0. The Labute approximate surface area is 104 Å². The smallest absolute Gasteiger partial charge is 0.0825 e. The first-order chi connectivity index (χ1) is 7.58. The fourth-order valence-corrected chi connectivity index (χ4v) is 1.73. The lowest BCUT2D eigenvalue weighted by Gasteiger charge is -2.05. The molecule has 0 unspecified atom stereocenters. The molecule has 84 valence electrons. The van der Waals surface area contributed by atoms with Crippen LogP contribution in [0, 0.1) is 13.8 Å². The van der Waals surface area contributed by atoms with Crippen LogP contribution >= 0.6 is 23.2 Å². The molecule has 2 rings (SSSR count). The van der Waals surface area contributed by atoms with Crippen LogP contribution in [0.2, 0.25) is 10.0 Å². The van der Waals surface area contributed by atoms with E-state index in [0.29, 0.717) is 16.6 Å². The normalized spacial score (nSPS) is 10.8. The standard InChI is InChI=1S/C11H11Cl2N3/c1-7-8(2)16(15-14-7)6-9-3-4-10(12)11(13)5-9/h3-5H,6H2,1-2H3. The predicted molar refractivity (Wildman–Crippen MR) is 65.1 cm³/mol.